The van der Waals surface area contributed by atoms with E-state index in [-0.39, 0.29) is 47.5 Å². The summed E-state index contributed by atoms with van der Waals surface area (Å²) in [5.41, 5.74) is 5.54. The van der Waals surface area contributed by atoms with Crippen molar-refractivity contribution in [1.29, 1.82) is 0 Å². The number of halogens is 3. The summed E-state index contributed by atoms with van der Waals surface area (Å²) in [6.45, 7) is 9.50. The Balaban J connectivity index is 1.75. The Morgan fingerprint density at radius 2 is 1.56 bits per heavy atom. The highest BCUT2D eigenvalue weighted by atomic mass is 32.1. The van der Waals surface area contributed by atoms with E-state index in [4.69, 9.17) is 18.0 Å². The van der Waals surface area contributed by atoms with E-state index in [1.165, 1.54) is 6.07 Å². The summed E-state index contributed by atoms with van der Waals surface area (Å²) in [5.74, 6) is -2.30. The molecule has 48 heavy (non-hydrogen) atoms. The van der Waals surface area contributed by atoms with Crippen molar-refractivity contribution in [2.75, 3.05) is 0 Å². The second kappa shape index (κ2) is 15.1. The molecule has 260 valence electrons. The number of aryl methyl sites for hydroxylation is 1. The van der Waals surface area contributed by atoms with Gasteiger partial charge in [0.05, 0.1) is 28.0 Å². The number of rotatable bonds is 13. The number of aromatic nitrogens is 1. The molecule has 6 N–H and O–H groups in total. The topological polar surface area (TPSA) is 129 Å². The lowest BCUT2D eigenvalue weighted by atomic mass is 9.78. The summed E-state index contributed by atoms with van der Waals surface area (Å²) in [7, 11) is 0. The minimum absolute atomic E-state index is 0.0607. The molecule has 0 bridgehead atoms. The highest BCUT2D eigenvalue weighted by Crippen LogP contribution is 2.40. The Bertz CT molecular complexity index is 1640. The molecule has 1 aliphatic rings. The fourth-order valence-electron chi connectivity index (χ4n) is 6.60. The molecule has 0 aliphatic heterocycles. The minimum Gasteiger partial charge on any atom is -0.392 e. The Morgan fingerprint density at radius 3 is 2.15 bits per heavy atom. The number of alkyl halides is 3. The first kappa shape index (κ1) is 36.9. The number of hydrogen-bond donors (Lipinski definition) is 5. The average molecular weight is 686 g/mol. The average Bonchev–Trinajstić information content (AvgIpc) is 3.43. The molecule has 6 atom stereocenters. The summed E-state index contributed by atoms with van der Waals surface area (Å²) in [6, 6.07) is 11.6. The van der Waals surface area contributed by atoms with Gasteiger partial charge in [0, 0.05) is 17.5 Å². The summed E-state index contributed by atoms with van der Waals surface area (Å²) >= 11 is 5.30. The van der Waals surface area contributed by atoms with E-state index < -0.39 is 47.1 Å². The molecule has 0 saturated carbocycles. The number of nitrogens with two attached hydrogens (primary N) is 1. The molecular weight excluding hydrogens is 639 g/mol. The largest absolute Gasteiger partial charge is 0.418 e. The number of para-hydroxylation sites is 1. The maximum absolute atomic E-state index is 14.4. The van der Waals surface area contributed by atoms with Crippen LogP contribution in [0.2, 0.25) is 0 Å². The zero-order chi connectivity index (χ0) is 35.4. The van der Waals surface area contributed by atoms with Gasteiger partial charge in [-0.3, -0.25) is 14.4 Å². The molecule has 1 aromatic heterocycles. The van der Waals surface area contributed by atoms with Crippen molar-refractivity contribution in [3.05, 3.63) is 70.9 Å². The molecule has 0 spiro atoms. The standard InChI is InChI=1S/C36H46F3N5O3S/c1-6-20(4)28(31(40)48)43-34(47)35(18-17-27-25(19-35)24-15-12-16-26(30(24)41-27)36(37,38)39)44-33(46)29(21(5)7-2)42-32(45)23(8-3)22-13-10-9-11-14-22/h9-16,20-21,23,28-29,41H,6-8,17-19H2,1-5H3,(H2,40,48)(H,42,45)(H,43,47)(H,44,46)/t20?,21?,23-,28+,29+,35-/m1/s1. The first-order valence-electron chi connectivity index (χ1n) is 16.6. The van der Waals surface area contributed by atoms with Crippen molar-refractivity contribution in [1.82, 2.24) is 20.9 Å². The molecule has 1 aliphatic carbocycles. The van der Waals surface area contributed by atoms with Crippen LogP contribution in [0.4, 0.5) is 13.2 Å². The van der Waals surface area contributed by atoms with E-state index in [1.807, 2.05) is 65.0 Å². The number of thiocarbonyl (C=S) groups is 1. The van der Waals surface area contributed by atoms with Gasteiger partial charge in [-0.15, -0.1) is 0 Å². The normalized spacial score (nSPS) is 19.3. The fourth-order valence-corrected chi connectivity index (χ4v) is 6.89. The number of benzene rings is 2. The number of nitrogens with one attached hydrogen (secondary N) is 4. The highest BCUT2D eigenvalue weighted by Gasteiger charge is 2.47. The van der Waals surface area contributed by atoms with Crippen LogP contribution in [0.3, 0.4) is 0 Å². The van der Waals surface area contributed by atoms with E-state index in [0.29, 0.717) is 35.9 Å². The SMILES string of the molecule is CCC(C)[C@H](NC(=O)[C@H](CC)c1ccccc1)C(=O)N[C@]1(C(=O)N[C@H](C(N)=S)C(C)CC)CCc2[nH]c3c(C(F)(F)F)cccc3c2C1. The van der Waals surface area contributed by atoms with Crippen molar-refractivity contribution >= 4 is 45.8 Å². The Morgan fingerprint density at radius 1 is 0.917 bits per heavy atom. The molecule has 0 saturated heterocycles. The third kappa shape index (κ3) is 7.69. The van der Waals surface area contributed by atoms with Crippen LogP contribution >= 0.6 is 12.2 Å². The number of amides is 3. The molecule has 12 heteroatoms. The van der Waals surface area contributed by atoms with Crippen LogP contribution < -0.4 is 21.7 Å². The summed E-state index contributed by atoms with van der Waals surface area (Å²) < 4.78 is 41.9. The molecule has 3 amide bonds. The molecular formula is C36H46F3N5O3S. The monoisotopic (exact) mass is 685 g/mol. The Labute approximate surface area is 285 Å². The van der Waals surface area contributed by atoms with Crippen LogP contribution in [-0.4, -0.2) is 45.3 Å². The van der Waals surface area contributed by atoms with Crippen LogP contribution in [0.25, 0.3) is 10.9 Å². The van der Waals surface area contributed by atoms with Crippen LogP contribution in [-0.2, 0) is 33.4 Å². The smallest absolute Gasteiger partial charge is 0.392 e. The quantitative estimate of drug-likeness (QED) is 0.140. The van der Waals surface area contributed by atoms with Gasteiger partial charge in [0.15, 0.2) is 0 Å². The Kier molecular flexibility index (Phi) is 11.6. The van der Waals surface area contributed by atoms with E-state index in [0.717, 1.165) is 11.6 Å². The van der Waals surface area contributed by atoms with Gasteiger partial charge in [0.2, 0.25) is 17.7 Å². The van der Waals surface area contributed by atoms with Crippen molar-refractivity contribution in [2.45, 2.75) is 103 Å². The van der Waals surface area contributed by atoms with E-state index in [1.54, 1.807) is 6.07 Å². The van der Waals surface area contributed by atoms with Gasteiger partial charge in [0.1, 0.15) is 11.6 Å². The van der Waals surface area contributed by atoms with Gasteiger partial charge in [-0.1, -0.05) is 102 Å². The second-order valence-electron chi connectivity index (χ2n) is 13.0. The zero-order valence-corrected chi connectivity index (χ0v) is 28.9. The van der Waals surface area contributed by atoms with E-state index in [9.17, 15) is 27.6 Å². The maximum Gasteiger partial charge on any atom is 0.418 e. The molecule has 2 aromatic carbocycles. The third-order valence-corrected chi connectivity index (χ3v) is 10.2. The van der Waals surface area contributed by atoms with Crippen LogP contribution in [0.1, 0.15) is 88.6 Å². The fraction of sp³-hybridized carbons (Fsp3) is 0.500. The lowest BCUT2D eigenvalue weighted by molar-refractivity contribution is -0.137. The predicted octanol–water partition coefficient (Wildman–Crippen LogP) is 6.07. The second-order valence-corrected chi connectivity index (χ2v) is 13.5. The lowest BCUT2D eigenvalue weighted by Gasteiger charge is -2.40. The van der Waals surface area contributed by atoms with Gasteiger partial charge in [-0.25, -0.2) is 0 Å². The number of carbonyl (C=O) groups excluding carboxylic acids is 3. The van der Waals surface area contributed by atoms with Gasteiger partial charge in [0.25, 0.3) is 0 Å². The minimum atomic E-state index is -4.59. The van der Waals surface area contributed by atoms with Crippen molar-refractivity contribution in [3.63, 3.8) is 0 Å². The summed E-state index contributed by atoms with van der Waals surface area (Å²) in [6.07, 6.45) is -2.64. The van der Waals surface area contributed by atoms with Crippen molar-refractivity contribution in [3.8, 4) is 0 Å². The summed E-state index contributed by atoms with van der Waals surface area (Å²) in [4.78, 5) is 45.4. The third-order valence-electron chi connectivity index (χ3n) is 9.94. The van der Waals surface area contributed by atoms with Crippen LogP contribution in [0.5, 0.6) is 0 Å². The van der Waals surface area contributed by atoms with Gasteiger partial charge < -0.3 is 26.7 Å². The summed E-state index contributed by atoms with van der Waals surface area (Å²) in [5, 5.41) is 9.26. The van der Waals surface area contributed by atoms with Crippen molar-refractivity contribution in [2.24, 2.45) is 17.6 Å². The van der Waals surface area contributed by atoms with Gasteiger partial charge in [-0.05, 0) is 48.3 Å². The van der Waals surface area contributed by atoms with Gasteiger partial charge in [-0.2, -0.15) is 13.2 Å². The van der Waals surface area contributed by atoms with E-state index >= 15 is 0 Å². The number of hydrogen-bond acceptors (Lipinski definition) is 4. The zero-order valence-electron chi connectivity index (χ0n) is 28.1. The number of H-pyrrole nitrogens is 1. The van der Waals surface area contributed by atoms with E-state index in [2.05, 4.69) is 20.9 Å². The lowest BCUT2D eigenvalue weighted by Crippen LogP contribution is -2.67. The molecule has 0 radical (unpaired) electrons. The first-order valence-corrected chi connectivity index (χ1v) is 17.0. The molecule has 1 heterocycles. The molecule has 8 nitrogen and oxygen atoms in total. The van der Waals surface area contributed by atoms with Crippen LogP contribution in [0.15, 0.2) is 48.5 Å². The molecule has 0 fully saturated rings. The van der Waals surface area contributed by atoms with Crippen LogP contribution in [0, 0.1) is 11.8 Å². The molecule has 4 rings (SSSR count). The molecule has 3 aromatic rings. The number of carbonyl (C=O) groups is 3. The maximum atomic E-state index is 14.4. The first-order chi connectivity index (χ1) is 22.7. The predicted molar refractivity (Wildman–Crippen MR) is 185 cm³/mol. The van der Waals surface area contributed by atoms with Crippen molar-refractivity contribution < 1.29 is 27.6 Å². The number of fused-ring (bicyclic) bond motifs is 3. The number of aromatic amines is 1. The van der Waals surface area contributed by atoms with Gasteiger partial charge >= 0.3 is 6.18 Å². The Hall–Kier alpha value is -3.93. The highest BCUT2D eigenvalue weighted by molar-refractivity contribution is 7.80. The molecule has 2 unspecified atom stereocenters.